The highest BCUT2D eigenvalue weighted by atomic mass is 19.1. The summed E-state index contributed by atoms with van der Waals surface area (Å²) in [7, 11) is 0. The molecule has 0 spiro atoms. The molecule has 2 aromatic carbocycles. The molecule has 0 aliphatic heterocycles. The second kappa shape index (κ2) is 7.20. The molecule has 0 amide bonds. The van der Waals surface area contributed by atoms with Gasteiger partial charge in [0.25, 0.3) is 0 Å². The lowest BCUT2D eigenvalue weighted by Gasteiger charge is -2.38. The van der Waals surface area contributed by atoms with Crippen LogP contribution in [0.25, 0.3) is 11.3 Å². The van der Waals surface area contributed by atoms with Gasteiger partial charge in [-0.25, -0.2) is 4.39 Å². The van der Waals surface area contributed by atoms with Crippen LogP contribution in [0.3, 0.4) is 0 Å². The zero-order valence-corrected chi connectivity index (χ0v) is 16.2. The zero-order valence-electron chi connectivity index (χ0n) is 16.2. The van der Waals surface area contributed by atoms with E-state index in [0.717, 1.165) is 37.1 Å². The first-order chi connectivity index (χ1) is 13.8. The van der Waals surface area contributed by atoms with Crippen molar-refractivity contribution in [3.63, 3.8) is 0 Å². The van der Waals surface area contributed by atoms with Crippen LogP contribution in [-0.4, -0.2) is 5.16 Å². The minimum absolute atomic E-state index is 0.137. The Kier molecular flexibility index (Phi) is 4.54. The second-order valence-corrected chi connectivity index (χ2v) is 8.44. The molecule has 0 bridgehead atoms. The van der Waals surface area contributed by atoms with Crippen molar-refractivity contribution in [1.29, 1.82) is 0 Å². The fourth-order valence-electron chi connectivity index (χ4n) is 5.31. The molecule has 144 valence electrons. The number of benzene rings is 2. The molecule has 3 aromatic rings. The van der Waals surface area contributed by atoms with Gasteiger partial charge in [0.15, 0.2) is 0 Å². The summed E-state index contributed by atoms with van der Waals surface area (Å²) in [6.45, 7) is 0. The lowest BCUT2D eigenvalue weighted by Crippen LogP contribution is -2.30. The molecule has 1 fully saturated rings. The molecule has 0 atom stereocenters. The van der Waals surface area contributed by atoms with E-state index in [1.165, 1.54) is 54.4 Å². The van der Waals surface area contributed by atoms with Gasteiger partial charge in [-0.1, -0.05) is 60.8 Å². The van der Waals surface area contributed by atoms with Crippen LogP contribution in [0.4, 0.5) is 4.39 Å². The van der Waals surface area contributed by atoms with E-state index in [-0.39, 0.29) is 11.2 Å². The number of nitrogens with zero attached hydrogens (tertiary/aromatic N) is 1. The Labute approximate surface area is 165 Å². The van der Waals surface area contributed by atoms with Gasteiger partial charge in [-0.2, -0.15) is 0 Å². The van der Waals surface area contributed by atoms with Gasteiger partial charge >= 0.3 is 0 Å². The third kappa shape index (κ3) is 3.07. The third-order valence-corrected chi connectivity index (χ3v) is 6.88. The minimum Gasteiger partial charge on any atom is -0.360 e. The molecule has 3 heteroatoms. The van der Waals surface area contributed by atoms with Gasteiger partial charge in [0, 0.05) is 17.5 Å². The topological polar surface area (TPSA) is 26.0 Å². The summed E-state index contributed by atoms with van der Waals surface area (Å²) in [5, 5.41) is 4.44. The van der Waals surface area contributed by atoms with Crippen LogP contribution >= 0.6 is 0 Å². The molecule has 0 N–H and O–H groups in total. The van der Waals surface area contributed by atoms with Crippen LogP contribution in [0.2, 0.25) is 0 Å². The Hall–Kier alpha value is -2.42. The van der Waals surface area contributed by atoms with Crippen molar-refractivity contribution in [3.8, 4) is 11.3 Å². The molecule has 1 saturated carbocycles. The molecule has 2 aliphatic carbocycles. The van der Waals surface area contributed by atoms with Crippen molar-refractivity contribution in [2.24, 2.45) is 0 Å². The smallest absolute Gasteiger partial charge is 0.140 e. The van der Waals surface area contributed by atoms with Gasteiger partial charge < -0.3 is 4.52 Å². The highest BCUT2D eigenvalue weighted by Crippen LogP contribution is 2.44. The minimum atomic E-state index is -0.155. The van der Waals surface area contributed by atoms with Crippen molar-refractivity contribution in [2.75, 3.05) is 0 Å². The van der Waals surface area contributed by atoms with E-state index in [1.807, 2.05) is 12.1 Å². The van der Waals surface area contributed by atoms with Crippen molar-refractivity contribution >= 4 is 0 Å². The predicted molar refractivity (Wildman–Crippen MR) is 109 cm³/mol. The Balaban J connectivity index is 1.42. The number of fused-ring (bicyclic) bond motifs is 3. The van der Waals surface area contributed by atoms with Gasteiger partial charge in [-0.3, -0.25) is 0 Å². The van der Waals surface area contributed by atoms with E-state index in [1.54, 1.807) is 12.1 Å². The fourth-order valence-corrected chi connectivity index (χ4v) is 5.31. The van der Waals surface area contributed by atoms with Crippen LogP contribution in [0.15, 0.2) is 53.1 Å². The van der Waals surface area contributed by atoms with E-state index in [0.29, 0.717) is 0 Å². The fraction of sp³-hybridized carbons (Fsp3) is 0.400. The first-order valence-corrected chi connectivity index (χ1v) is 10.6. The average molecular weight is 375 g/mol. The average Bonchev–Trinajstić information content (AvgIpc) is 3.17. The van der Waals surface area contributed by atoms with Crippen LogP contribution in [0, 0.1) is 5.82 Å². The standard InChI is InChI=1S/C25H26FNO/c26-20-11-9-19(10-12-20)25(15-4-1-5-16-25)17-14-23-22-13-8-18-6-2-3-7-21(18)24(22)27-28-23/h2-3,6-7,9-12H,1,4-5,8,13-17H2. The Morgan fingerprint density at radius 2 is 1.71 bits per heavy atom. The van der Waals surface area contributed by atoms with Crippen LogP contribution < -0.4 is 0 Å². The molecule has 28 heavy (non-hydrogen) atoms. The molecule has 2 nitrogen and oxygen atoms in total. The normalized spacial score (nSPS) is 17.8. The van der Waals surface area contributed by atoms with Gasteiger partial charge in [0.1, 0.15) is 17.3 Å². The Bertz CT molecular complexity index is 966. The maximum atomic E-state index is 13.5. The molecule has 5 rings (SSSR count). The van der Waals surface area contributed by atoms with Crippen molar-refractivity contribution in [3.05, 3.63) is 76.8 Å². The largest absolute Gasteiger partial charge is 0.360 e. The van der Waals surface area contributed by atoms with Crippen molar-refractivity contribution in [1.82, 2.24) is 5.16 Å². The second-order valence-electron chi connectivity index (χ2n) is 8.44. The van der Waals surface area contributed by atoms with E-state index in [9.17, 15) is 4.39 Å². The number of rotatable bonds is 4. The van der Waals surface area contributed by atoms with E-state index >= 15 is 0 Å². The van der Waals surface area contributed by atoms with Gasteiger partial charge in [0.05, 0.1) is 0 Å². The maximum Gasteiger partial charge on any atom is 0.140 e. The molecule has 0 radical (unpaired) electrons. The van der Waals surface area contributed by atoms with E-state index in [2.05, 4.69) is 29.4 Å². The Morgan fingerprint density at radius 3 is 2.54 bits per heavy atom. The summed E-state index contributed by atoms with van der Waals surface area (Å²) in [4.78, 5) is 0. The molecule has 1 aromatic heterocycles. The van der Waals surface area contributed by atoms with Crippen LogP contribution in [0.5, 0.6) is 0 Å². The van der Waals surface area contributed by atoms with Crippen LogP contribution in [0.1, 0.15) is 61.0 Å². The van der Waals surface area contributed by atoms with Gasteiger partial charge in [-0.15, -0.1) is 0 Å². The highest BCUT2D eigenvalue weighted by molar-refractivity contribution is 5.69. The molecular weight excluding hydrogens is 349 g/mol. The van der Waals surface area contributed by atoms with Gasteiger partial charge in [0.2, 0.25) is 0 Å². The quantitative estimate of drug-likeness (QED) is 0.526. The molecule has 2 aliphatic rings. The van der Waals surface area contributed by atoms with Gasteiger partial charge in [-0.05, 0) is 60.8 Å². The van der Waals surface area contributed by atoms with E-state index in [4.69, 9.17) is 4.52 Å². The summed E-state index contributed by atoms with van der Waals surface area (Å²) < 4.78 is 19.3. The molecule has 0 unspecified atom stereocenters. The monoisotopic (exact) mass is 375 g/mol. The summed E-state index contributed by atoms with van der Waals surface area (Å²) in [5.74, 6) is 0.897. The summed E-state index contributed by atoms with van der Waals surface area (Å²) >= 11 is 0. The number of aryl methyl sites for hydroxylation is 2. The van der Waals surface area contributed by atoms with Crippen molar-refractivity contribution < 1.29 is 8.91 Å². The maximum absolute atomic E-state index is 13.5. The van der Waals surface area contributed by atoms with Crippen molar-refractivity contribution in [2.45, 2.75) is 63.2 Å². The first kappa shape index (κ1) is 17.7. The Morgan fingerprint density at radius 1 is 0.929 bits per heavy atom. The zero-order chi connectivity index (χ0) is 19.0. The van der Waals surface area contributed by atoms with E-state index < -0.39 is 0 Å². The lowest BCUT2D eigenvalue weighted by molar-refractivity contribution is 0.263. The first-order valence-electron chi connectivity index (χ1n) is 10.6. The summed E-state index contributed by atoms with van der Waals surface area (Å²) in [6.07, 6.45) is 10.2. The summed E-state index contributed by atoms with van der Waals surface area (Å²) in [5.41, 5.74) is 6.35. The number of hydrogen-bond acceptors (Lipinski definition) is 2. The van der Waals surface area contributed by atoms with Crippen LogP contribution in [-0.2, 0) is 24.7 Å². The number of halogens is 1. The number of aromatic nitrogens is 1. The molecular formula is C25H26FNO. The third-order valence-electron chi connectivity index (χ3n) is 6.88. The molecule has 1 heterocycles. The SMILES string of the molecule is Fc1ccc(C2(CCc3onc4c3CCc3ccccc3-4)CCCCC2)cc1. The lowest BCUT2D eigenvalue weighted by atomic mass is 9.66. The summed E-state index contributed by atoms with van der Waals surface area (Å²) in [6, 6.07) is 15.7. The highest BCUT2D eigenvalue weighted by Gasteiger charge is 2.34. The molecule has 0 saturated heterocycles. The predicted octanol–water partition coefficient (Wildman–Crippen LogP) is 6.41. The number of hydrogen-bond donors (Lipinski definition) is 0.